The number of nitrogens with one attached hydrogen (secondary N) is 1. The minimum Gasteiger partial charge on any atom is -0.409 e. The van der Waals surface area contributed by atoms with Crippen LogP contribution in [0.4, 0.5) is 5.69 Å². The topological polar surface area (TPSA) is 70.6 Å². The van der Waals surface area contributed by atoms with Crippen LogP contribution in [0, 0.1) is 0 Å². The van der Waals surface area contributed by atoms with Crippen molar-refractivity contribution in [2.75, 3.05) is 11.9 Å². The van der Waals surface area contributed by atoms with E-state index in [0.29, 0.717) is 23.0 Å². The fourth-order valence-corrected chi connectivity index (χ4v) is 1.36. The van der Waals surface area contributed by atoms with Gasteiger partial charge in [0, 0.05) is 18.0 Å². The molecular weight excluding hydrogens is 237 g/mol. The highest BCUT2D eigenvalue weighted by Gasteiger charge is 2.00. The Morgan fingerprint density at radius 1 is 1.47 bits per heavy atom. The molecule has 0 radical (unpaired) electrons. The van der Waals surface area contributed by atoms with Gasteiger partial charge in [0.1, 0.15) is 5.84 Å². The summed E-state index contributed by atoms with van der Waals surface area (Å²) in [4.78, 5) is 0. The SMILES string of the molecule is NC(CCNc1cc(Cl)ccc1Cl)=NO. The molecule has 82 valence electrons. The molecule has 15 heavy (non-hydrogen) atoms. The lowest BCUT2D eigenvalue weighted by molar-refractivity contribution is 0.317. The van der Waals surface area contributed by atoms with E-state index >= 15 is 0 Å². The van der Waals surface area contributed by atoms with Gasteiger partial charge < -0.3 is 16.3 Å². The van der Waals surface area contributed by atoms with E-state index in [4.69, 9.17) is 34.1 Å². The third-order valence-corrected chi connectivity index (χ3v) is 2.32. The minimum absolute atomic E-state index is 0.167. The van der Waals surface area contributed by atoms with Crippen molar-refractivity contribution in [1.29, 1.82) is 0 Å². The number of hydrogen-bond donors (Lipinski definition) is 3. The molecule has 0 spiro atoms. The average molecular weight is 248 g/mol. The number of hydrogen-bond acceptors (Lipinski definition) is 3. The smallest absolute Gasteiger partial charge is 0.140 e. The molecule has 0 aliphatic rings. The fraction of sp³-hybridized carbons (Fsp3) is 0.222. The van der Waals surface area contributed by atoms with Gasteiger partial charge in [0.15, 0.2) is 0 Å². The molecule has 0 saturated carbocycles. The molecule has 1 aromatic rings. The number of nitrogens with zero attached hydrogens (tertiary/aromatic N) is 1. The summed E-state index contributed by atoms with van der Waals surface area (Å²) in [6.45, 7) is 0.524. The lowest BCUT2D eigenvalue weighted by Gasteiger charge is -2.07. The van der Waals surface area contributed by atoms with E-state index in [9.17, 15) is 0 Å². The van der Waals surface area contributed by atoms with Gasteiger partial charge in [-0.2, -0.15) is 0 Å². The molecule has 0 bridgehead atoms. The van der Waals surface area contributed by atoms with Crippen LogP contribution in [0.1, 0.15) is 6.42 Å². The van der Waals surface area contributed by atoms with Crippen molar-refractivity contribution >= 4 is 34.7 Å². The third-order valence-electron chi connectivity index (χ3n) is 1.75. The summed E-state index contributed by atoms with van der Waals surface area (Å²) in [5.74, 6) is 0.167. The summed E-state index contributed by atoms with van der Waals surface area (Å²) in [6.07, 6.45) is 0.430. The third kappa shape index (κ3) is 3.85. The molecule has 6 heteroatoms. The highest BCUT2D eigenvalue weighted by atomic mass is 35.5. The van der Waals surface area contributed by atoms with Crippen molar-refractivity contribution in [2.45, 2.75) is 6.42 Å². The number of oxime groups is 1. The molecule has 1 aromatic carbocycles. The van der Waals surface area contributed by atoms with Crippen LogP contribution < -0.4 is 11.1 Å². The van der Waals surface area contributed by atoms with Crippen LogP contribution in [0.3, 0.4) is 0 Å². The average Bonchev–Trinajstić information content (AvgIpc) is 2.23. The van der Waals surface area contributed by atoms with E-state index in [2.05, 4.69) is 10.5 Å². The van der Waals surface area contributed by atoms with Gasteiger partial charge in [-0.15, -0.1) is 0 Å². The number of amidine groups is 1. The molecule has 1 rings (SSSR count). The van der Waals surface area contributed by atoms with Gasteiger partial charge in [-0.05, 0) is 18.2 Å². The van der Waals surface area contributed by atoms with Crippen LogP contribution in [0.25, 0.3) is 0 Å². The first kappa shape index (κ1) is 11.9. The van der Waals surface area contributed by atoms with Crippen molar-refractivity contribution in [3.05, 3.63) is 28.2 Å². The summed E-state index contributed by atoms with van der Waals surface area (Å²) >= 11 is 11.7. The van der Waals surface area contributed by atoms with Crippen molar-refractivity contribution in [3.63, 3.8) is 0 Å². The molecule has 4 nitrogen and oxygen atoms in total. The first-order valence-electron chi connectivity index (χ1n) is 4.29. The van der Waals surface area contributed by atoms with Crippen LogP contribution in [-0.2, 0) is 0 Å². The second-order valence-corrected chi connectivity index (χ2v) is 3.74. The second-order valence-electron chi connectivity index (χ2n) is 2.89. The zero-order valence-electron chi connectivity index (χ0n) is 7.87. The Hall–Kier alpha value is -1.13. The van der Waals surface area contributed by atoms with Gasteiger partial charge in [0.05, 0.1) is 10.7 Å². The van der Waals surface area contributed by atoms with E-state index in [1.807, 2.05) is 0 Å². The van der Waals surface area contributed by atoms with Crippen molar-refractivity contribution < 1.29 is 5.21 Å². The molecular formula is C9H11Cl2N3O. The first-order chi connectivity index (χ1) is 7.13. The van der Waals surface area contributed by atoms with Gasteiger partial charge in [-0.25, -0.2) is 0 Å². The minimum atomic E-state index is 0.167. The molecule has 4 N–H and O–H groups in total. The predicted octanol–water partition coefficient (Wildman–Crippen LogP) is 2.54. The normalized spacial score (nSPS) is 11.5. The highest BCUT2D eigenvalue weighted by molar-refractivity contribution is 6.35. The van der Waals surface area contributed by atoms with Gasteiger partial charge >= 0.3 is 0 Å². The monoisotopic (exact) mass is 247 g/mol. The highest BCUT2D eigenvalue weighted by Crippen LogP contribution is 2.25. The summed E-state index contributed by atoms with van der Waals surface area (Å²) < 4.78 is 0. The summed E-state index contributed by atoms with van der Waals surface area (Å²) in [5.41, 5.74) is 6.04. The van der Waals surface area contributed by atoms with E-state index in [-0.39, 0.29) is 5.84 Å². The number of benzene rings is 1. The van der Waals surface area contributed by atoms with Crippen molar-refractivity contribution in [2.24, 2.45) is 10.9 Å². The predicted molar refractivity (Wildman–Crippen MR) is 63.0 cm³/mol. The maximum absolute atomic E-state index is 8.32. The summed E-state index contributed by atoms with van der Waals surface area (Å²) in [7, 11) is 0. The molecule has 0 fully saturated rings. The lowest BCUT2D eigenvalue weighted by Crippen LogP contribution is -2.16. The largest absolute Gasteiger partial charge is 0.409 e. The number of anilines is 1. The maximum Gasteiger partial charge on any atom is 0.140 e. The molecule has 0 aliphatic carbocycles. The molecule has 0 aliphatic heterocycles. The zero-order valence-corrected chi connectivity index (χ0v) is 9.39. The number of rotatable bonds is 4. The fourth-order valence-electron chi connectivity index (χ4n) is 1.01. The Kier molecular flexibility index (Phi) is 4.52. The van der Waals surface area contributed by atoms with Gasteiger partial charge in [0.2, 0.25) is 0 Å². The second kappa shape index (κ2) is 5.68. The lowest BCUT2D eigenvalue weighted by atomic mass is 10.3. The number of nitrogens with two attached hydrogens (primary N) is 1. The van der Waals surface area contributed by atoms with E-state index < -0.39 is 0 Å². The standard InChI is InChI=1S/C9H11Cl2N3O/c10-6-1-2-7(11)8(5-6)13-4-3-9(12)14-15/h1-2,5,13,15H,3-4H2,(H2,12,14). The number of halogens is 2. The van der Waals surface area contributed by atoms with E-state index in [1.165, 1.54) is 0 Å². The molecule has 0 heterocycles. The Labute approximate surface area is 97.7 Å². The van der Waals surface area contributed by atoms with Crippen molar-refractivity contribution in [3.8, 4) is 0 Å². The summed E-state index contributed by atoms with van der Waals surface area (Å²) in [5, 5.41) is 15.4. The van der Waals surface area contributed by atoms with Crippen LogP contribution >= 0.6 is 23.2 Å². The molecule has 0 amide bonds. The van der Waals surface area contributed by atoms with Crippen LogP contribution in [0.2, 0.25) is 10.0 Å². The van der Waals surface area contributed by atoms with Crippen LogP contribution in [-0.4, -0.2) is 17.6 Å². The molecule has 0 aromatic heterocycles. The van der Waals surface area contributed by atoms with Crippen LogP contribution in [0.5, 0.6) is 0 Å². The Balaban J connectivity index is 2.54. The Morgan fingerprint density at radius 3 is 2.87 bits per heavy atom. The Bertz CT molecular complexity index is 368. The molecule has 0 saturated heterocycles. The first-order valence-corrected chi connectivity index (χ1v) is 5.04. The van der Waals surface area contributed by atoms with Gasteiger partial charge in [-0.1, -0.05) is 28.4 Å². The molecule has 0 unspecified atom stereocenters. The Morgan fingerprint density at radius 2 is 2.20 bits per heavy atom. The summed E-state index contributed by atoms with van der Waals surface area (Å²) in [6, 6.07) is 5.13. The quantitative estimate of drug-likeness (QED) is 0.332. The van der Waals surface area contributed by atoms with E-state index in [1.54, 1.807) is 18.2 Å². The zero-order chi connectivity index (χ0) is 11.3. The van der Waals surface area contributed by atoms with E-state index in [0.717, 1.165) is 5.69 Å². The van der Waals surface area contributed by atoms with Crippen molar-refractivity contribution in [1.82, 2.24) is 0 Å². The van der Waals surface area contributed by atoms with Gasteiger partial charge in [0.25, 0.3) is 0 Å². The maximum atomic E-state index is 8.32. The van der Waals surface area contributed by atoms with Gasteiger partial charge in [-0.3, -0.25) is 0 Å². The van der Waals surface area contributed by atoms with Crippen LogP contribution in [0.15, 0.2) is 23.4 Å². The molecule has 0 atom stereocenters.